The van der Waals surface area contributed by atoms with Crippen molar-refractivity contribution in [2.75, 3.05) is 0 Å². The fraction of sp³-hybridized carbons (Fsp3) is 0.250. The van der Waals surface area contributed by atoms with Crippen LogP contribution in [0.3, 0.4) is 0 Å². The Bertz CT molecular complexity index is 621. The van der Waals surface area contributed by atoms with Gasteiger partial charge in [-0.25, -0.2) is 8.78 Å². The van der Waals surface area contributed by atoms with Crippen molar-refractivity contribution in [2.24, 2.45) is 5.73 Å². The van der Waals surface area contributed by atoms with E-state index in [0.29, 0.717) is 17.0 Å². The summed E-state index contributed by atoms with van der Waals surface area (Å²) in [5.41, 5.74) is 6.74. The van der Waals surface area contributed by atoms with E-state index in [2.05, 4.69) is 0 Å². The highest BCUT2D eigenvalue weighted by Gasteiger charge is 2.24. The minimum atomic E-state index is -0.768. The Kier molecular flexibility index (Phi) is 5.15. The Hall–Kier alpha value is -1.65. The lowest BCUT2D eigenvalue weighted by Gasteiger charge is -2.25. The van der Waals surface area contributed by atoms with Crippen molar-refractivity contribution >= 4 is 11.6 Å². The highest BCUT2D eigenvalue weighted by atomic mass is 35.5. The van der Waals surface area contributed by atoms with E-state index in [4.69, 9.17) is 22.1 Å². The van der Waals surface area contributed by atoms with Crippen LogP contribution in [0.15, 0.2) is 42.5 Å². The predicted octanol–water partition coefficient (Wildman–Crippen LogP) is 4.48. The SMILES string of the molecule is CCC(N)C(Oc1ccc(F)cc1F)c1ccccc1Cl. The molecule has 0 saturated carbocycles. The van der Waals surface area contributed by atoms with Gasteiger partial charge in [-0.3, -0.25) is 0 Å². The maximum absolute atomic E-state index is 13.8. The molecule has 0 aromatic heterocycles. The van der Waals surface area contributed by atoms with E-state index in [1.807, 2.05) is 6.92 Å². The van der Waals surface area contributed by atoms with Crippen LogP contribution in [-0.4, -0.2) is 6.04 Å². The molecular formula is C16H16ClF2NO. The fourth-order valence-electron chi connectivity index (χ4n) is 2.01. The van der Waals surface area contributed by atoms with Gasteiger partial charge in [-0.2, -0.15) is 0 Å². The second-order valence-electron chi connectivity index (χ2n) is 4.71. The van der Waals surface area contributed by atoms with Gasteiger partial charge < -0.3 is 10.5 Å². The highest BCUT2D eigenvalue weighted by Crippen LogP contribution is 2.31. The molecule has 0 radical (unpaired) electrons. The number of benzene rings is 2. The molecule has 0 saturated heterocycles. The van der Waals surface area contributed by atoms with Gasteiger partial charge in [0.1, 0.15) is 11.9 Å². The van der Waals surface area contributed by atoms with Gasteiger partial charge in [-0.15, -0.1) is 0 Å². The molecule has 2 nitrogen and oxygen atoms in total. The van der Waals surface area contributed by atoms with Crippen LogP contribution in [-0.2, 0) is 0 Å². The van der Waals surface area contributed by atoms with Crippen LogP contribution in [0.1, 0.15) is 25.0 Å². The average Bonchev–Trinajstić information content (AvgIpc) is 2.47. The molecular weight excluding hydrogens is 296 g/mol. The summed E-state index contributed by atoms with van der Waals surface area (Å²) in [4.78, 5) is 0. The molecule has 0 aliphatic rings. The minimum Gasteiger partial charge on any atom is -0.481 e. The first-order valence-corrected chi connectivity index (χ1v) is 7.02. The molecule has 0 aliphatic heterocycles. The summed E-state index contributed by atoms with van der Waals surface area (Å²) in [5, 5.41) is 0.494. The van der Waals surface area contributed by atoms with Gasteiger partial charge in [-0.1, -0.05) is 36.7 Å². The molecule has 2 N–H and O–H groups in total. The monoisotopic (exact) mass is 311 g/mol. The summed E-state index contributed by atoms with van der Waals surface area (Å²) in [6.45, 7) is 1.90. The van der Waals surface area contributed by atoms with Crippen molar-refractivity contribution in [3.05, 3.63) is 64.7 Å². The van der Waals surface area contributed by atoms with Crippen molar-refractivity contribution in [1.82, 2.24) is 0 Å². The smallest absolute Gasteiger partial charge is 0.168 e. The van der Waals surface area contributed by atoms with Crippen LogP contribution >= 0.6 is 11.6 Å². The molecule has 0 heterocycles. The lowest BCUT2D eigenvalue weighted by molar-refractivity contribution is 0.163. The van der Waals surface area contributed by atoms with E-state index < -0.39 is 17.7 Å². The lowest BCUT2D eigenvalue weighted by atomic mass is 10.0. The third-order valence-corrected chi connectivity index (χ3v) is 3.56. The van der Waals surface area contributed by atoms with Crippen LogP contribution in [0.4, 0.5) is 8.78 Å². The summed E-state index contributed by atoms with van der Waals surface area (Å²) >= 11 is 6.16. The zero-order valence-electron chi connectivity index (χ0n) is 11.5. The summed E-state index contributed by atoms with van der Waals surface area (Å²) in [5.74, 6) is -1.48. The molecule has 0 spiro atoms. The highest BCUT2D eigenvalue weighted by molar-refractivity contribution is 6.31. The second kappa shape index (κ2) is 6.87. The van der Waals surface area contributed by atoms with E-state index in [1.54, 1.807) is 24.3 Å². The van der Waals surface area contributed by atoms with Crippen LogP contribution in [0.25, 0.3) is 0 Å². The predicted molar refractivity (Wildman–Crippen MR) is 79.4 cm³/mol. The first kappa shape index (κ1) is 15.7. The second-order valence-corrected chi connectivity index (χ2v) is 5.11. The molecule has 2 unspecified atom stereocenters. The normalized spacial score (nSPS) is 13.8. The topological polar surface area (TPSA) is 35.2 Å². The van der Waals surface area contributed by atoms with E-state index in [-0.39, 0.29) is 11.8 Å². The van der Waals surface area contributed by atoms with Crippen molar-refractivity contribution in [3.8, 4) is 5.75 Å². The Morgan fingerprint density at radius 2 is 1.90 bits per heavy atom. The first-order valence-electron chi connectivity index (χ1n) is 6.64. The Morgan fingerprint density at radius 3 is 2.52 bits per heavy atom. The van der Waals surface area contributed by atoms with Gasteiger partial charge in [0, 0.05) is 22.7 Å². The van der Waals surface area contributed by atoms with Gasteiger partial charge in [0.05, 0.1) is 0 Å². The van der Waals surface area contributed by atoms with E-state index in [1.165, 1.54) is 6.07 Å². The summed E-state index contributed by atoms with van der Waals surface area (Å²) in [6, 6.07) is 9.89. The van der Waals surface area contributed by atoms with E-state index in [0.717, 1.165) is 12.1 Å². The minimum absolute atomic E-state index is 0.0507. The van der Waals surface area contributed by atoms with Gasteiger partial charge >= 0.3 is 0 Å². The first-order chi connectivity index (χ1) is 10.0. The third kappa shape index (κ3) is 3.71. The Balaban J connectivity index is 2.35. The zero-order valence-corrected chi connectivity index (χ0v) is 12.3. The molecule has 0 bridgehead atoms. The number of halogens is 3. The summed E-state index contributed by atoms with van der Waals surface area (Å²) < 4.78 is 32.4. The van der Waals surface area contributed by atoms with Crippen LogP contribution in [0.2, 0.25) is 5.02 Å². The van der Waals surface area contributed by atoms with Crippen molar-refractivity contribution < 1.29 is 13.5 Å². The van der Waals surface area contributed by atoms with Crippen molar-refractivity contribution in [2.45, 2.75) is 25.5 Å². The number of hydrogen-bond acceptors (Lipinski definition) is 2. The molecule has 0 amide bonds. The van der Waals surface area contributed by atoms with E-state index in [9.17, 15) is 8.78 Å². The van der Waals surface area contributed by atoms with Gasteiger partial charge in [-0.05, 0) is 24.6 Å². The molecule has 2 rings (SSSR count). The largest absolute Gasteiger partial charge is 0.481 e. The number of hydrogen-bond donors (Lipinski definition) is 1. The Labute approximate surface area is 127 Å². The molecule has 2 aromatic rings. The maximum Gasteiger partial charge on any atom is 0.168 e. The van der Waals surface area contributed by atoms with Gasteiger partial charge in [0.2, 0.25) is 0 Å². The van der Waals surface area contributed by atoms with Crippen LogP contribution in [0, 0.1) is 11.6 Å². The summed E-state index contributed by atoms with van der Waals surface area (Å²) in [6.07, 6.45) is 0.0160. The van der Waals surface area contributed by atoms with Crippen LogP contribution in [0.5, 0.6) is 5.75 Å². The van der Waals surface area contributed by atoms with Crippen LogP contribution < -0.4 is 10.5 Å². The number of ether oxygens (including phenoxy) is 1. The lowest BCUT2D eigenvalue weighted by Crippen LogP contribution is -2.31. The standard InChI is InChI=1S/C16H16ClF2NO/c1-2-14(20)16(11-5-3-4-6-12(11)17)21-15-8-7-10(18)9-13(15)19/h3-9,14,16H,2,20H2,1H3. The molecule has 5 heteroatoms. The van der Waals surface area contributed by atoms with Crippen molar-refractivity contribution in [3.63, 3.8) is 0 Å². The molecule has 2 atom stereocenters. The van der Waals surface area contributed by atoms with Gasteiger partial charge in [0.25, 0.3) is 0 Å². The summed E-state index contributed by atoms with van der Waals surface area (Å²) in [7, 11) is 0. The average molecular weight is 312 g/mol. The molecule has 0 fully saturated rings. The molecule has 21 heavy (non-hydrogen) atoms. The fourth-order valence-corrected chi connectivity index (χ4v) is 2.25. The quantitative estimate of drug-likeness (QED) is 0.884. The number of rotatable bonds is 5. The zero-order chi connectivity index (χ0) is 15.4. The van der Waals surface area contributed by atoms with Gasteiger partial charge in [0.15, 0.2) is 11.6 Å². The maximum atomic E-state index is 13.8. The third-order valence-electron chi connectivity index (χ3n) is 3.22. The van der Waals surface area contributed by atoms with Crippen molar-refractivity contribution in [1.29, 1.82) is 0 Å². The van der Waals surface area contributed by atoms with E-state index >= 15 is 0 Å². The Morgan fingerprint density at radius 1 is 1.19 bits per heavy atom. The molecule has 0 aliphatic carbocycles. The molecule has 112 valence electrons. The molecule has 2 aromatic carbocycles. The number of nitrogens with two attached hydrogens (primary N) is 1.